The summed E-state index contributed by atoms with van der Waals surface area (Å²) in [5, 5.41) is 0. The van der Waals surface area contributed by atoms with E-state index in [4.69, 9.17) is 8.92 Å². The molecule has 2 aromatic rings. The van der Waals surface area contributed by atoms with Gasteiger partial charge in [-0.05, 0) is 38.1 Å². The van der Waals surface area contributed by atoms with E-state index in [-0.39, 0.29) is 4.90 Å². The predicted octanol–water partition coefficient (Wildman–Crippen LogP) is 2.69. The van der Waals surface area contributed by atoms with Crippen molar-refractivity contribution in [2.24, 2.45) is 0 Å². The van der Waals surface area contributed by atoms with Gasteiger partial charge in [0.15, 0.2) is 6.10 Å². The van der Waals surface area contributed by atoms with E-state index in [2.05, 4.69) is 0 Å². The minimum atomic E-state index is -4.01. The van der Waals surface area contributed by atoms with Crippen molar-refractivity contribution in [3.05, 3.63) is 60.2 Å². The molecule has 0 saturated carbocycles. The molecule has 0 aromatic heterocycles. The maximum atomic E-state index is 12.1. The van der Waals surface area contributed by atoms with Gasteiger partial charge >= 0.3 is 5.97 Å². The molecule has 0 aliphatic heterocycles. The topological polar surface area (TPSA) is 69.7 Å². The minimum absolute atomic E-state index is 0.00235. The third-order valence-corrected chi connectivity index (χ3v) is 4.27. The maximum absolute atomic E-state index is 12.1. The Labute approximate surface area is 129 Å². The molecule has 6 heteroatoms. The monoisotopic (exact) mass is 320 g/mol. The van der Waals surface area contributed by atoms with Gasteiger partial charge in [-0.15, -0.1) is 0 Å². The SMILES string of the molecule is Cc1ccc(S(=O)(=O)O[C@@H](C)C(=O)Oc2ccccc2)cc1. The maximum Gasteiger partial charge on any atom is 0.341 e. The van der Waals surface area contributed by atoms with Crippen LogP contribution >= 0.6 is 0 Å². The molecule has 0 unspecified atom stereocenters. The fourth-order valence-corrected chi connectivity index (χ4v) is 2.72. The zero-order valence-electron chi connectivity index (χ0n) is 12.2. The summed E-state index contributed by atoms with van der Waals surface area (Å²) in [6.45, 7) is 3.17. The number of ether oxygens (including phenoxy) is 1. The molecule has 0 N–H and O–H groups in total. The molecule has 116 valence electrons. The van der Waals surface area contributed by atoms with E-state index in [1.807, 2.05) is 6.92 Å². The zero-order valence-corrected chi connectivity index (χ0v) is 13.0. The van der Waals surface area contributed by atoms with Crippen LogP contribution in [0.5, 0.6) is 5.75 Å². The number of benzene rings is 2. The first kappa shape index (κ1) is 16.2. The van der Waals surface area contributed by atoms with Gasteiger partial charge < -0.3 is 4.74 Å². The zero-order chi connectivity index (χ0) is 16.2. The quantitative estimate of drug-likeness (QED) is 0.481. The van der Waals surface area contributed by atoms with Crippen LogP contribution in [0.4, 0.5) is 0 Å². The van der Waals surface area contributed by atoms with Gasteiger partial charge in [-0.25, -0.2) is 4.79 Å². The van der Waals surface area contributed by atoms with Crippen molar-refractivity contribution in [2.45, 2.75) is 24.8 Å². The van der Waals surface area contributed by atoms with E-state index in [9.17, 15) is 13.2 Å². The third-order valence-electron chi connectivity index (χ3n) is 2.87. The lowest BCUT2D eigenvalue weighted by Gasteiger charge is -2.12. The Morgan fingerprint density at radius 3 is 2.18 bits per heavy atom. The molecule has 0 spiro atoms. The van der Waals surface area contributed by atoms with Gasteiger partial charge in [0.1, 0.15) is 5.75 Å². The summed E-state index contributed by atoms with van der Waals surface area (Å²) in [5.74, 6) is -0.447. The van der Waals surface area contributed by atoms with Crippen LogP contribution in [0.25, 0.3) is 0 Å². The molecular formula is C16H16O5S. The van der Waals surface area contributed by atoms with Crippen LogP contribution in [0.1, 0.15) is 12.5 Å². The van der Waals surface area contributed by atoms with Crippen LogP contribution < -0.4 is 4.74 Å². The lowest BCUT2D eigenvalue weighted by Crippen LogP contribution is -2.28. The first-order valence-corrected chi connectivity index (χ1v) is 8.06. The number of carbonyl (C=O) groups is 1. The second-order valence-corrected chi connectivity index (χ2v) is 6.31. The molecule has 0 saturated heterocycles. The average Bonchev–Trinajstić information content (AvgIpc) is 2.48. The number of hydrogen-bond donors (Lipinski definition) is 0. The van der Waals surface area contributed by atoms with E-state index < -0.39 is 22.2 Å². The molecule has 0 bridgehead atoms. The highest BCUT2D eigenvalue weighted by Crippen LogP contribution is 2.16. The van der Waals surface area contributed by atoms with Gasteiger partial charge in [0.25, 0.3) is 10.1 Å². The molecule has 0 amide bonds. The lowest BCUT2D eigenvalue weighted by atomic mass is 10.2. The summed E-state index contributed by atoms with van der Waals surface area (Å²) >= 11 is 0. The van der Waals surface area contributed by atoms with Crippen LogP contribution in [0.3, 0.4) is 0 Å². The summed E-state index contributed by atoms with van der Waals surface area (Å²) in [6, 6.07) is 14.6. The van der Waals surface area contributed by atoms with Gasteiger partial charge in [-0.1, -0.05) is 35.9 Å². The molecule has 0 fully saturated rings. The summed E-state index contributed by atoms with van der Waals surface area (Å²) in [7, 11) is -4.01. The van der Waals surface area contributed by atoms with E-state index in [1.54, 1.807) is 42.5 Å². The lowest BCUT2D eigenvalue weighted by molar-refractivity contribution is -0.141. The van der Waals surface area contributed by atoms with Crippen LogP contribution in [0, 0.1) is 6.92 Å². The number of aryl methyl sites for hydroxylation is 1. The largest absolute Gasteiger partial charge is 0.425 e. The fourth-order valence-electron chi connectivity index (χ4n) is 1.68. The molecule has 0 aliphatic carbocycles. The Kier molecular flexibility index (Phi) is 4.95. The van der Waals surface area contributed by atoms with Crippen molar-refractivity contribution in [3.63, 3.8) is 0 Å². The number of carbonyl (C=O) groups excluding carboxylic acids is 1. The van der Waals surface area contributed by atoms with Crippen LogP contribution in [0.2, 0.25) is 0 Å². The van der Waals surface area contributed by atoms with Crippen molar-refractivity contribution in [1.82, 2.24) is 0 Å². The molecule has 1 atom stereocenters. The van der Waals surface area contributed by atoms with E-state index in [0.29, 0.717) is 5.75 Å². The average molecular weight is 320 g/mol. The molecule has 2 rings (SSSR count). The summed E-state index contributed by atoms with van der Waals surface area (Å²) in [6.07, 6.45) is -1.24. The molecule has 0 aliphatic rings. The molecule has 2 aromatic carbocycles. The normalized spacial score (nSPS) is 12.6. The highest BCUT2D eigenvalue weighted by molar-refractivity contribution is 7.86. The first-order chi connectivity index (χ1) is 10.4. The van der Waals surface area contributed by atoms with Gasteiger partial charge in [-0.3, -0.25) is 4.18 Å². The molecule has 0 radical (unpaired) electrons. The standard InChI is InChI=1S/C16H16O5S/c1-12-8-10-15(11-9-12)22(18,19)21-13(2)16(17)20-14-6-4-3-5-7-14/h3-11,13H,1-2H3/t13-/m0/s1. The van der Waals surface area contributed by atoms with Crippen molar-refractivity contribution in [2.75, 3.05) is 0 Å². The molecule has 0 heterocycles. The summed E-state index contributed by atoms with van der Waals surface area (Å²) in [5.41, 5.74) is 0.926. The minimum Gasteiger partial charge on any atom is -0.425 e. The van der Waals surface area contributed by atoms with Crippen LogP contribution in [-0.4, -0.2) is 20.5 Å². The second kappa shape index (κ2) is 6.72. The summed E-state index contributed by atoms with van der Waals surface area (Å²) < 4.78 is 34.1. The van der Waals surface area contributed by atoms with Gasteiger partial charge in [0.2, 0.25) is 0 Å². The Morgan fingerprint density at radius 1 is 1.00 bits per heavy atom. The number of para-hydroxylation sites is 1. The van der Waals surface area contributed by atoms with Crippen LogP contribution in [-0.2, 0) is 19.1 Å². The third kappa shape index (κ3) is 4.16. The Bertz CT molecular complexity index is 736. The fraction of sp³-hybridized carbons (Fsp3) is 0.188. The van der Waals surface area contributed by atoms with Crippen LogP contribution in [0.15, 0.2) is 59.5 Å². The Morgan fingerprint density at radius 2 is 1.59 bits per heavy atom. The van der Waals surface area contributed by atoms with E-state index >= 15 is 0 Å². The van der Waals surface area contributed by atoms with Crippen molar-refractivity contribution >= 4 is 16.1 Å². The smallest absolute Gasteiger partial charge is 0.341 e. The van der Waals surface area contributed by atoms with Crippen molar-refractivity contribution in [3.8, 4) is 5.75 Å². The number of esters is 1. The van der Waals surface area contributed by atoms with Gasteiger partial charge in [0, 0.05) is 0 Å². The van der Waals surface area contributed by atoms with Crippen molar-refractivity contribution < 1.29 is 22.1 Å². The van der Waals surface area contributed by atoms with Crippen molar-refractivity contribution in [1.29, 1.82) is 0 Å². The van der Waals surface area contributed by atoms with Gasteiger partial charge in [0.05, 0.1) is 4.90 Å². The van der Waals surface area contributed by atoms with E-state index in [1.165, 1.54) is 19.1 Å². The first-order valence-electron chi connectivity index (χ1n) is 6.65. The number of rotatable bonds is 5. The van der Waals surface area contributed by atoms with E-state index in [0.717, 1.165) is 5.56 Å². The number of hydrogen-bond acceptors (Lipinski definition) is 5. The Hall–Kier alpha value is -2.18. The summed E-state index contributed by atoms with van der Waals surface area (Å²) in [4.78, 5) is 11.9. The Balaban J connectivity index is 2.05. The highest BCUT2D eigenvalue weighted by atomic mass is 32.2. The predicted molar refractivity (Wildman–Crippen MR) is 81.0 cm³/mol. The van der Waals surface area contributed by atoms with Gasteiger partial charge in [-0.2, -0.15) is 8.42 Å². The molecule has 22 heavy (non-hydrogen) atoms. The second-order valence-electron chi connectivity index (χ2n) is 4.74. The molecule has 5 nitrogen and oxygen atoms in total. The highest BCUT2D eigenvalue weighted by Gasteiger charge is 2.25. The molecular weight excluding hydrogens is 304 g/mol.